The summed E-state index contributed by atoms with van der Waals surface area (Å²) in [5.41, 5.74) is 1.01. The van der Waals surface area contributed by atoms with Gasteiger partial charge in [-0.05, 0) is 6.92 Å². The molecule has 1 aliphatic rings. The van der Waals surface area contributed by atoms with Crippen LogP contribution in [0.25, 0.3) is 0 Å². The van der Waals surface area contributed by atoms with E-state index >= 15 is 0 Å². The second kappa shape index (κ2) is 8.75. The summed E-state index contributed by atoms with van der Waals surface area (Å²) < 4.78 is 2.08. The van der Waals surface area contributed by atoms with Gasteiger partial charge in [0.05, 0.1) is 11.7 Å². The number of amides is 1. The van der Waals surface area contributed by atoms with Crippen LogP contribution in [-0.2, 0) is 18.4 Å². The molecule has 1 fully saturated rings. The highest BCUT2D eigenvalue weighted by atomic mass is 35.5. The summed E-state index contributed by atoms with van der Waals surface area (Å²) in [7, 11) is 2.03. The van der Waals surface area contributed by atoms with E-state index in [4.69, 9.17) is 0 Å². The van der Waals surface area contributed by atoms with E-state index in [0.29, 0.717) is 6.54 Å². The number of nitrogens with one attached hydrogen (secondary N) is 1. The van der Waals surface area contributed by atoms with Gasteiger partial charge in [-0.15, -0.1) is 23.7 Å². The van der Waals surface area contributed by atoms with Crippen LogP contribution in [0, 0.1) is 0 Å². The second-order valence-electron chi connectivity index (χ2n) is 5.97. The minimum absolute atomic E-state index is 0. The molecule has 9 heteroatoms. The zero-order chi connectivity index (χ0) is 17.1. The van der Waals surface area contributed by atoms with E-state index in [1.54, 1.807) is 11.8 Å². The monoisotopic (exact) mass is 384 g/mol. The molecular formula is C16H25ClN6OS. The van der Waals surface area contributed by atoms with Crippen LogP contribution in [0.5, 0.6) is 0 Å². The van der Waals surface area contributed by atoms with Gasteiger partial charge in [0.25, 0.3) is 0 Å². The lowest BCUT2D eigenvalue weighted by molar-refractivity contribution is -0.116. The molecule has 3 rings (SSSR count). The minimum atomic E-state index is 0. The molecule has 1 N–H and O–H groups in total. The van der Waals surface area contributed by atoms with Gasteiger partial charge >= 0.3 is 0 Å². The van der Waals surface area contributed by atoms with Crippen LogP contribution in [0.2, 0.25) is 0 Å². The average molecular weight is 385 g/mol. The molecule has 2 aromatic heterocycles. The van der Waals surface area contributed by atoms with E-state index < -0.39 is 0 Å². The highest BCUT2D eigenvalue weighted by Crippen LogP contribution is 2.26. The van der Waals surface area contributed by atoms with Gasteiger partial charge in [-0.2, -0.15) is 0 Å². The minimum Gasteiger partial charge on any atom is -0.337 e. The summed E-state index contributed by atoms with van der Waals surface area (Å²) in [5.74, 6) is 1.10. The van der Waals surface area contributed by atoms with E-state index in [1.165, 1.54) is 11.3 Å². The Kier molecular flexibility index (Phi) is 6.95. The van der Waals surface area contributed by atoms with E-state index in [2.05, 4.69) is 30.1 Å². The molecule has 0 spiro atoms. The lowest BCUT2D eigenvalue weighted by Crippen LogP contribution is -2.46. The number of hydrogen-bond donors (Lipinski definition) is 1. The van der Waals surface area contributed by atoms with Crippen LogP contribution in [0.15, 0.2) is 17.8 Å². The van der Waals surface area contributed by atoms with Crippen molar-refractivity contribution in [3.8, 4) is 0 Å². The van der Waals surface area contributed by atoms with Crippen molar-refractivity contribution < 1.29 is 4.79 Å². The Hall–Kier alpha value is -1.48. The lowest BCUT2D eigenvalue weighted by atomic mass is 10.1. The number of halogens is 1. The van der Waals surface area contributed by atoms with Crippen molar-refractivity contribution in [1.29, 1.82) is 0 Å². The molecule has 0 bridgehead atoms. The second-order valence-corrected chi connectivity index (χ2v) is 6.81. The van der Waals surface area contributed by atoms with Crippen molar-refractivity contribution in [2.75, 3.05) is 31.1 Å². The van der Waals surface area contributed by atoms with Crippen LogP contribution in [0.3, 0.4) is 0 Å². The van der Waals surface area contributed by atoms with Crippen molar-refractivity contribution in [2.24, 2.45) is 7.05 Å². The summed E-state index contributed by atoms with van der Waals surface area (Å²) in [6, 6.07) is 0.235. The van der Waals surface area contributed by atoms with E-state index in [9.17, 15) is 4.79 Å². The number of aryl methyl sites for hydroxylation is 1. The molecule has 1 saturated heterocycles. The summed E-state index contributed by atoms with van der Waals surface area (Å²) in [4.78, 5) is 25.0. The molecule has 0 radical (unpaired) electrons. The first-order valence-electron chi connectivity index (χ1n) is 8.24. The third-order valence-corrected chi connectivity index (χ3v) is 5.26. The quantitative estimate of drug-likeness (QED) is 0.851. The first kappa shape index (κ1) is 19.8. The van der Waals surface area contributed by atoms with Crippen molar-refractivity contribution in [2.45, 2.75) is 26.4 Å². The normalized spacial score (nSPS) is 18.0. The Morgan fingerprint density at radius 3 is 2.96 bits per heavy atom. The fourth-order valence-corrected chi connectivity index (χ4v) is 4.01. The van der Waals surface area contributed by atoms with Gasteiger partial charge in [-0.25, -0.2) is 9.97 Å². The first-order valence-corrected chi connectivity index (χ1v) is 9.12. The fraction of sp³-hybridized carbons (Fsp3) is 0.562. The standard InChI is InChI=1S/C16H24N6OS.ClH/c1-4-22(12(2)23)16-19-13(11-24-16)10-21-8-5-17-9-14(21)15-18-6-7-20(15)3;/h6-7,11,14,17H,4-5,8-10H2,1-3H3;1H. The van der Waals surface area contributed by atoms with Gasteiger partial charge in [0.15, 0.2) is 5.13 Å². The number of rotatable bonds is 5. The molecule has 138 valence electrons. The van der Waals surface area contributed by atoms with Crippen molar-refractivity contribution in [3.05, 3.63) is 29.3 Å². The van der Waals surface area contributed by atoms with E-state index in [0.717, 1.165) is 42.8 Å². The predicted molar refractivity (Wildman–Crippen MR) is 102 cm³/mol. The smallest absolute Gasteiger partial charge is 0.225 e. The van der Waals surface area contributed by atoms with E-state index in [1.807, 2.05) is 26.4 Å². The van der Waals surface area contributed by atoms with Gasteiger partial charge in [0.1, 0.15) is 5.82 Å². The lowest BCUT2D eigenvalue weighted by Gasteiger charge is -2.35. The zero-order valence-electron chi connectivity index (χ0n) is 14.8. The van der Waals surface area contributed by atoms with Crippen molar-refractivity contribution >= 4 is 34.8 Å². The third-order valence-electron chi connectivity index (χ3n) is 4.34. The molecule has 1 unspecified atom stereocenters. The number of nitrogens with zero attached hydrogens (tertiary/aromatic N) is 5. The number of thiazole rings is 1. The first-order chi connectivity index (χ1) is 11.6. The highest BCUT2D eigenvalue weighted by Gasteiger charge is 2.27. The fourth-order valence-electron chi connectivity index (χ4n) is 3.08. The number of carbonyl (C=O) groups excluding carboxylic acids is 1. The molecule has 1 aliphatic heterocycles. The van der Waals surface area contributed by atoms with Crippen LogP contribution in [0.4, 0.5) is 5.13 Å². The molecule has 1 amide bonds. The maximum absolute atomic E-state index is 11.7. The molecule has 0 saturated carbocycles. The maximum atomic E-state index is 11.7. The van der Waals surface area contributed by atoms with Gasteiger partial charge < -0.3 is 9.88 Å². The number of hydrogen-bond acceptors (Lipinski definition) is 6. The average Bonchev–Trinajstić information content (AvgIpc) is 3.18. The summed E-state index contributed by atoms with van der Waals surface area (Å²) in [6.45, 7) is 7.77. The number of piperazine rings is 1. The third kappa shape index (κ3) is 4.38. The molecule has 25 heavy (non-hydrogen) atoms. The van der Waals surface area contributed by atoms with Gasteiger partial charge in [0, 0.05) is 64.5 Å². The van der Waals surface area contributed by atoms with Gasteiger partial charge in [-0.3, -0.25) is 14.6 Å². The maximum Gasteiger partial charge on any atom is 0.225 e. The molecule has 0 aliphatic carbocycles. The van der Waals surface area contributed by atoms with Gasteiger partial charge in [0.2, 0.25) is 5.91 Å². The number of imidazole rings is 1. The summed E-state index contributed by atoms with van der Waals surface area (Å²) >= 11 is 1.53. The highest BCUT2D eigenvalue weighted by molar-refractivity contribution is 7.14. The number of aromatic nitrogens is 3. The Balaban J connectivity index is 0.00000225. The molecular weight excluding hydrogens is 360 g/mol. The molecule has 0 aromatic carbocycles. The summed E-state index contributed by atoms with van der Waals surface area (Å²) in [5, 5.41) is 6.28. The van der Waals surface area contributed by atoms with Crippen LogP contribution in [0.1, 0.15) is 31.4 Å². The topological polar surface area (TPSA) is 66.3 Å². The number of carbonyl (C=O) groups is 1. The van der Waals surface area contributed by atoms with Crippen molar-refractivity contribution in [3.63, 3.8) is 0 Å². The largest absolute Gasteiger partial charge is 0.337 e. The Morgan fingerprint density at radius 2 is 2.32 bits per heavy atom. The molecule has 1 atom stereocenters. The Labute approximate surface area is 158 Å². The van der Waals surface area contributed by atoms with Gasteiger partial charge in [-0.1, -0.05) is 0 Å². The number of anilines is 1. The summed E-state index contributed by atoms with van der Waals surface area (Å²) in [6.07, 6.45) is 3.82. The van der Waals surface area contributed by atoms with Crippen molar-refractivity contribution in [1.82, 2.24) is 24.8 Å². The zero-order valence-corrected chi connectivity index (χ0v) is 16.4. The van der Waals surface area contributed by atoms with E-state index in [-0.39, 0.29) is 24.4 Å². The molecule has 2 aromatic rings. The molecule has 7 nitrogen and oxygen atoms in total. The Morgan fingerprint density at radius 1 is 1.52 bits per heavy atom. The van der Waals surface area contributed by atoms with Crippen LogP contribution < -0.4 is 10.2 Å². The molecule has 3 heterocycles. The van der Waals surface area contributed by atoms with Crippen LogP contribution >= 0.6 is 23.7 Å². The predicted octanol–water partition coefficient (Wildman–Crippen LogP) is 1.82. The van der Waals surface area contributed by atoms with Crippen LogP contribution in [-0.4, -0.2) is 51.5 Å². The Bertz CT molecular complexity index is 702. The SMILES string of the molecule is CCN(C(C)=O)c1nc(CN2CCNCC2c2nccn2C)cs1.Cl.